The fourth-order valence-electron chi connectivity index (χ4n) is 3.59. The van der Waals surface area contributed by atoms with Crippen LogP contribution in [0.4, 0.5) is 0 Å². The van der Waals surface area contributed by atoms with Gasteiger partial charge in [0, 0.05) is 29.5 Å². The lowest BCUT2D eigenvalue weighted by molar-refractivity contribution is 0.0725. The Hall–Kier alpha value is -3.67. The van der Waals surface area contributed by atoms with E-state index in [1.165, 1.54) is 0 Å². The number of amides is 1. The van der Waals surface area contributed by atoms with Gasteiger partial charge in [0.15, 0.2) is 0 Å². The molecule has 2 aromatic heterocycles. The zero-order valence-corrected chi connectivity index (χ0v) is 14.9. The van der Waals surface area contributed by atoms with Crippen molar-refractivity contribution in [2.75, 3.05) is 6.54 Å². The minimum Gasteiger partial charge on any atom is -0.422 e. The molecular weight excluding hydrogens is 356 g/mol. The highest BCUT2D eigenvalue weighted by atomic mass is 16.5. The molecule has 0 fully saturated rings. The molecule has 0 spiro atoms. The predicted octanol–water partition coefficient (Wildman–Crippen LogP) is 3.65. The molecule has 4 aromatic rings. The molecule has 0 unspecified atom stereocenters. The van der Waals surface area contributed by atoms with Crippen molar-refractivity contribution in [2.45, 2.75) is 13.0 Å². The van der Waals surface area contributed by atoms with Crippen LogP contribution in [0.5, 0.6) is 0 Å². The molecule has 1 aliphatic heterocycles. The number of benzene rings is 2. The molecule has 0 saturated carbocycles. The van der Waals surface area contributed by atoms with Gasteiger partial charge in [-0.25, -0.2) is 4.79 Å². The first-order chi connectivity index (χ1) is 13.7. The second-order valence-electron chi connectivity index (χ2n) is 6.76. The van der Waals surface area contributed by atoms with Gasteiger partial charge in [-0.05, 0) is 12.1 Å². The molecule has 138 valence electrons. The number of para-hydroxylation sites is 1. The molecule has 2 aromatic carbocycles. The van der Waals surface area contributed by atoms with E-state index in [9.17, 15) is 9.59 Å². The van der Waals surface area contributed by atoms with Gasteiger partial charge in [0.25, 0.3) is 5.91 Å². The van der Waals surface area contributed by atoms with E-state index in [0.29, 0.717) is 25.1 Å². The molecule has 0 aliphatic carbocycles. The fraction of sp³-hybridized carbons (Fsp3) is 0.136. The van der Waals surface area contributed by atoms with E-state index in [2.05, 4.69) is 5.16 Å². The Balaban J connectivity index is 1.50. The van der Waals surface area contributed by atoms with Gasteiger partial charge in [-0.15, -0.1) is 0 Å². The highest BCUT2D eigenvalue weighted by Gasteiger charge is 2.29. The Kier molecular flexibility index (Phi) is 3.83. The van der Waals surface area contributed by atoms with E-state index in [4.69, 9.17) is 8.94 Å². The first-order valence-corrected chi connectivity index (χ1v) is 9.06. The number of hydrogen-bond donors (Lipinski definition) is 0. The smallest absolute Gasteiger partial charge is 0.349 e. The van der Waals surface area contributed by atoms with E-state index in [-0.39, 0.29) is 11.5 Å². The zero-order chi connectivity index (χ0) is 19.1. The average molecular weight is 372 g/mol. The van der Waals surface area contributed by atoms with Crippen molar-refractivity contribution in [2.24, 2.45) is 0 Å². The summed E-state index contributed by atoms with van der Waals surface area (Å²) in [7, 11) is 0. The van der Waals surface area contributed by atoms with Crippen LogP contribution < -0.4 is 5.63 Å². The maximum absolute atomic E-state index is 13.1. The van der Waals surface area contributed by atoms with E-state index in [0.717, 1.165) is 28.0 Å². The fourth-order valence-corrected chi connectivity index (χ4v) is 3.59. The second kappa shape index (κ2) is 6.49. The number of carbonyl (C=O) groups is 1. The molecule has 0 saturated heterocycles. The third kappa shape index (κ3) is 2.70. The maximum Gasteiger partial charge on any atom is 0.349 e. The van der Waals surface area contributed by atoms with Crippen molar-refractivity contribution in [1.82, 2.24) is 10.1 Å². The summed E-state index contributed by atoms with van der Waals surface area (Å²) in [6.45, 7) is 0.801. The van der Waals surface area contributed by atoms with Crippen LogP contribution >= 0.6 is 0 Å². The lowest BCUT2D eigenvalue weighted by atomic mass is 10.0. The molecule has 0 atom stereocenters. The summed E-state index contributed by atoms with van der Waals surface area (Å²) in [6, 6.07) is 18.5. The summed E-state index contributed by atoms with van der Waals surface area (Å²) in [6.07, 6.45) is 0.555. The highest BCUT2D eigenvalue weighted by Crippen LogP contribution is 2.30. The average Bonchev–Trinajstić information content (AvgIpc) is 3.16. The van der Waals surface area contributed by atoms with Gasteiger partial charge in [0.1, 0.15) is 22.6 Å². The van der Waals surface area contributed by atoms with Crippen molar-refractivity contribution in [3.8, 4) is 11.3 Å². The third-order valence-corrected chi connectivity index (χ3v) is 5.03. The topological polar surface area (TPSA) is 76.6 Å². The Morgan fingerprint density at radius 2 is 1.82 bits per heavy atom. The molecule has 6 nitrogen and oxygen atoms in total. The van der Waals surface area contributed by atoms with Gasteiger partial charge in [-0.3, -0.25) is 4.79 Å². The van der Waals surface area contributed by atoms with Crippen LogP contribution in [0.3, 0.4) is 0 Å². The summed E-state index contributed by atoms with van der Waals surface area (Å²) in [5.41, 5.74) is 2.44. The summed E-state index contributed by atoms with van der Waals surface area (Å²) in [5.74, 6) is 0.443. The second-order valence-corrected chi connectivity index (χ2v) is 6.76. The van der Waals surface area contributed by atoms with Crippen LogP contribution in [-0.4, -0.2) is 22.5 Å². The number of rotatable bonds is 2. The minimum absolute atomic E-state index is 0.0415. The van der Waals surface area contributed by atoms with Gasteiger partial charge < -0.3 is 13.8 Å². The molecule has 1 aliphatic rings. The highest BCUT2D eigenvalue weighted by molar-refractivity contribution is 5.96. The molecule has 0 radical (unpaired) electrons. The van der Waals surface area contributed by atoms with Crippen LogP contribution in [0.15, 0.2) is 74.4 Å². The van der Waals surface area contributed by atoms with Gasteiger partial charge in [-0.1, -0.05) is 53.7 Å². The molecule has 1 amide bonds. The molecule has 3 heterocycles. The van der Waals surface area contributed by atoms with Gasteiger partial charge >= 0.3 is 5.63 Å². The normalized spacial score (nSPS) is 13.5. The van der Waals surface area contributed by atoms with E-state index < -0.39 is 5.63 Å². The summed E-state index contributed by atoms with van der Waals surface area (Å²) >= 11 is 0. The lowest BCUT2D eigenvalue weighted by Gasteiger charge is -2.26. The standard InChI is InChI=1S/C22H16N2O4/c25-21(16-12-15-8-4-5-9-18(15)27-22(16)26)24-11-10-19-17(13-24)20(23-28-19)14-6-2-1-3-7-14/h1-9,12H,10-11,13H2. The van der Waals surface area contributed by atoms with E-state index in [1.807, 2.05) is 42.5 Å². The van der Waals surface area contributed by atoms with Crippen LogP contribution in [0.1, 0.15) is 21.7 Å². The molecule has 5 rings (SSSR count). The minimum atomic E-state index is -0.622. The molecule has 0 bridgehead atoms. The number of aromatic nitrogens is 1. The zero-order valence-electron chi connectivity index (χ0n) is 14.9. The van der Waals surface area contributed by atoms with Gasteiger partial charge in [0.2, 0.25) is 0 Å². The summed E-state index contributed by atoms with van der Waals surface area (Å²) in [4.78, 5) is 27.1. The SMILES string of the molecule is O=C(c1cc2ccccc2oc1=O)N1CCc2onc(-c3ccccc3)c2C1. The van der Waals surface area contributed by atoms with E-state index >= 15 is 0 Å². The van der Waals surface area contributed by atoms with Crippen molar-refractivity contribution < 1.29 is 13.7 Å². The van der Waals surface area contributed by atoms with Gasteiger partial charge in [-0.2, -0.15) is 0 Å². The van der Waals surface area contributed by atoms with Crippen LogP contribution in [0, 0.1) is 0 Å². The first-order valence-electron chi connectivity index (χ1n) is 9.06. The third-order valence-electron chi connectivity index (χ3n) is 5.03. The summed E-state index contributed by atoms with van der Waals surface area (Å²) < 4.78 is 10.8. The van der Waals surface area contributed by atoms with Crippen molar-refractivity contribution in [3.05, 3.63) is 88.0 Å². The summed E-state index contributed by atoms with van der Waals surface area (Å²) in [5, 5.41) is 4.92. The maximum atomic E-state index is 13.1. The largest absolute Gasteiger partial charge is 0.422 e. The Labute approximate surface area is 160 Å². The first kappa shape index (κ1) is 16.5. The molecule has 28 heavy (non-hydrogen) atoms. The Morgan fingerprint density at radius 1 is 1.04 bits per heavy atom. The Bertz CT molecular complexity index is 1240. The number of fused-ring (bicyclic) bond motifs is 2. The number of hydrogen-bond acceptors (Lipinski definition) is 5. The van der Waals surface area contributed by atoms with Crippen LogP contribution in [-0.2, 0) is 13.0 Å². The van der Waals surface area contributed by atoms with Crippen molar-refractivity contribution in [3.63, 3.8) is 0 Å². The van der Waals surface area contributed by atoms with Crippen molar-refractivity contribution >= 4 is 16.9 Å². The number of nitrogens with zero attached hydrogens (tertiary/aromatic N) is 2. The van der Waals surface area contributed by atoms with E-state index in [1.54, 1.807) is 23.1 Å². The predicted molar refractivity (Wildman–Crippen MR) is 103 cm³/mol. The van der Waals surface area contributed by atoms with Crippen LogP contribution in [0.2, 0.25) is 0 Å². The Morgan fingerprint density at radius 3 is 2.68 bits per heavy atom. The molecule has 0 N–H and O–H groups in total. The lowest BCUT2D eigenvalue weighted by Crippen LogP contribution is -2.37. The van der Waals surface area contributed by atoms with Crippen molar-refractivity contribution in [1.29, 1.82) is 0 Å². The number of carbonyl (C=O) groups excluding carboxylic acids is 1. The quantitative estimate of drug-likeness (QED) is 0.502. The van der Waals surface area contributed by atoms with Crippen LogP contribution in [0.25, 0.3) is 22.2 Å². The van der Waals surface area contributed by atoms with Gasteiger partial charge in [0.05, 0.1) is 6.54 Å². The molecule has 6 heteroatoms. The molecular formula is C22H16N2O4. The monoisotopic (exact) mass is 372 g/mol.